The van der Waals surface area contributed by atoms with Crippen molar-refractivity contribution in [3.8, 4) is 11.5 Å². The fraction of sp³-hybridized carbons (Fsp3) is 0.167. The first-order valence-electron chi connectivity index (χ1n) is 7.45. The van der Waals surface area contributed by atoms with E-state index in [4.69, 9.17) is 9.47 Å². The molecule has 0 radical (unpaired) electrons. The molecule has 2 aromatic rings. The van der Waals surface area contributed by atoms with Gasteiger partial charge in [0.1, 0.15) is 0 Å². The molecule has 0 unspecified atom stereocenters. The van der Waals surface area contributed by atoms with Crippen molar-refractivity contribution >= 4 is 17.7 Å². The molecule has 0 heterocycles. The zero-order chi connectivity index (χ0) is 18.2. The number of nitro groups is 1. The van der Waals surface area contributed by atoms with Crippen LogP contribution in [0.25, 0.3) is 6.08 Å². The van der Waals surface area contributed by atoms with Crippen LogP contribution in [0.4, 0.5) is 5.69 Å². The highest BCUT2D eigenvalue weighted by molar-refractivity contribution is 5.92. The molecule has 7 nitrogen and oxygen atoms in total. The van der Waals surface area contributed by atoms with Crippen LogP contribution in [0.5, 0.6) is 11.5 Å². The van der Waals surface area contributed by atoms with Gasteiger partial charge >= 0.3 is 0 Å². The standard InChI is InChI=1S/C18H18N2O5/c1-24-16-9-7-13(11-17(16)25-2)12-19-18(21)10-8-14-5-3-4-6-15(14)20(22)23/h3-11H,12H2,1-2H3,(H,19,21)/b10-8+. The monoisotopic (exact) mass is 342 g/mol. The Bertz CT molecular complexity index is 802. The van der Waals surface area contributed by atoms with Gasteiger partial charge in [-0.25, -0.2) is 0 Å². The summed E-state index contributed by atoms with van der Waals surface area (Å²) in [4.78, 5) is 22.4. The molecule has 2 aromatic carbocycles. The maximum absolute atomic E-state index is 11.9. The molecule has 2 rings (SSSR count). The molecule has 0 saturated heterocycles. The van der Waals surface area contributed by atoms with Gasteiger partial charge in [0, 0.05) is 18.7 Å². The smallest absolute Gasteiger partial charge is 0.276 e. The third-order valence-corrected chi connectivity index (χ3v) is 3.46. The van der Waals surface area contributed by atoms with Crippen molar-refractivity contribution in [1.82, 2.24) is 5.32 Å². The fourth-order valence-electron chi connectivity index (χ4n) is 2.20. The second-order valence-corrected chi connectivity index (χ2v) is 5.06. The number of methoxy groups -OCH3 is 2. The van der Waals surface area contributed by atoms with Gasteiger partial charge < -0.3 is 14.8 Å². The van der Waals surface area contributed by atoms with E-state index in [1.807, 2.05) is 6.07 Å². The summed E-state index contributed by atoms with van der Waals surface area (Å²) >= 11 is 0. The number of hydrogen-bond acceptors (Lipinski definition) is 5. The SMILES string of the molecule is COc1ccc(CNC(=O)/C=C/c2ccccc2[N+](=O)[O-])cc1OC. The average molecular weight is 342 g/mol. The van der Waals surface area contributed by atoms with Crippen molar-refractivity contribution < 1.29 is 19.2 Å². The maximum Gasteiger partial charge on any atom is 0.276 e. The lowest BCUT2D eigenvalue weighted by molar-refractivity contribution is -0.385. The highest BCUT2D eigenvalue weighted by atomic mass is 16.6. The number of ether oxygens (including phenoxy) is 2. The molecule has 0 fully saturated rings. The number of hydrogen-bond donors (Lipinski definition) is 1. The average Bonchev–Trinajstić information content (AvgIpc) is 2.64. The van der Waals surface area contributed by atoms with Crippen LogP contribution in [-0.4, -0.2) is 25.1 Å². The zero-order valence-corrected chi connectivity index (χ0v) is 13.9. The predicted molar refractivity (Wildman–Crippen MR) is 93.5 cm³/mol. The topological polar surface area (TPSA) is 90.7 Å². The van der Waals surface area contributed by atoms with Gasteiger partial charge in [0.05, 0.1) is 24.7 Å². The Kier molecular flexibility index (Phi) is 6.11. The number of carbonyl (C=O) groups is 1. The van der Waals surface area contributed by atoms with Gasteiger partial charge in [-0.2, -0.15) is 0 Å². The van der Waals surface area contributed by atoms with Crippen molar-refractivity contribution in [2.45, 2.75) is 6.54 Å². The van der Waals surface area contributed by atoms with Crippen LogP contribution in [0.3, 0.4) is 0 Å². The normalized spacial score (nSPS) is 10.5. The van der Waals surface area contributed by atoms with Gasteiger partial charge in [-0.15, -0.1) is 0 Å². The number of benzene rings is 2. The van der Waals surface area contributed by atoms with Crippen molar-refractivity contribution in [2.75, 3.05) is 14.2 Å². The van der Waals surface area contributed by atoms with Crippen molar-refractivity contribution in [3.63, 3.8) is 0 Å². The van der Waals surface area contributed by atoms with Crippen molar-refractivity contribution in [3.05, 3.63) is 69.8 Å². The third-order valence-electron chi connectivity index (χ3n) is 3.46. The van der Waals surface area contributed by atoms with E-state index in [9.17, 15) is 14.9 Å². The lowest BCUT2D eigenvalue weighted by Gasteiger charge is -2.09. The third kappa shape index (κ3) is 4.81. The molecule has 0 aliphatic heterocycles. The minimum absolute atomic E-state index is 0.0496. The molecule has 0 spiro atoms. The molecule has 0 bridgehead atoms. The molecule has 0 atom stereocenters. The number of rotatable bonds is 7. The zero-order valence-electron chi connectivity index (χ0n) is 13.9. The van der Waals surface area contributed by atoms with Crippen LogP contribution >= 0.6 is 0 Å². The van der Waals surface area contributed by atoms with E-state index < -0.39 is 4.92 Å². The van der Waals surface area contributed by atoms with Crippen LogP contribution in [0.1, 0.15) is 11.1 Å². The minimum atomic E-state index is -0.485. The second-order valence-electron chi connectivity index (χ2n) is 5.06. The maximum atomic E-state index is 11.9. The Morgan fingerprint density at radius 1 is 1.16 bits per heavy atom. The number of amides is 1. The van der Waals surface area contributed by atoms with Gasteiger partial charge in [-0.05, 0) is 29.8 Å². The summed E-state index contributed by atoms with van der Waals surface area (Å²) in [7, 11) is 3.09. The number of nitrogens with zero attached hydrogens (tertiary/aromatic N) is 1. The first kappa shape index (κ1) is 18.0. The molecule has 0 aromatic heterocycles. The molecule has 7 heteroatoms. The van der Waals surface area contributed by atoms with E-state index in [0.29, 0.717) is 23.6 Å². The lowest BCUT2D eigenvalue weighted by Crippen LogP contribution is -2.20. The summed E-state index contributed by atoms with van der Waals surface area (Å²) in [5.41, 5.74) is 1.16. The number of nitro benzene ring substituents is 1. The quantitative estimate of drug-likeness (QED) is 0.474. The predicted octanol–water partition coefficient (Wildman–Crippen LogP) is 2.94. The summed E-state index contributed by atoms with van der Waals surface area (Å²) in [6.07, 6.45) is 2.69. The second kappa shape index (κ2) is 8.49. The molecule has 0 aliphatic carbocycles. The summed E-state index contributed by atoms with van der Waals surface area (Å²) in [5.74, 6) is 0.825. The van der Waals surface area contributed by atoms with E-state index in [1.165, 1.54) is 25.3 Å². The van der Waals surface area contributed by atoms with Crippen molar-refractivity contribution in [2.24, 2.45) is 0 Å². The van der Waals surface area contributed by atoms with Gasteiger partial charge in [0.25, 0.3) is 5.69 Å². The molecule has 1 N–H and O–H groups in total. The van der Waals surface area contributed by atoms with Crippen molar-refractivity contribution in [1.29, 1.82) is 0 Å². The lowest BCUT2D eigenvalue weighted by atomic mass is 10.1. The van der Waals surface area contributed by atoms with Gasteiger partial charge in [0.2, 0.25) is 5.91 Å². The van der Waals surface area contributed by atoms with Crippen LogP contribution < -0.4 is 14.8 Å². The van der Waals surface area contributed by atoms with Crippen LogP contribution in [0.2, 0.25) is 0 Å². The summed E-state index contributed by atoms with van der Waals surface area (Å²) in [6, 6.07) is 11.6. The summed E-state index contributed by atoms with van der Waals surface area (Å²) < 4.78 is 10.4. The number of para-hydroxylation sites is 1. The molecule has 0 aliphatic rings. The summed E-state index contributed by atoms with van der Waals surface area (Å²) in [5, 5.41) is 13.7. The first-order valence-corrected chi connectivity index (χ1v) is 7.45. The minimum Gasteiger partial charge on any atom is -0.493 e. The van der Waals surface area contributed by atoms with E-state index in [0.717, 1.165) is 5.56 Å². The fourth-order valence-corrected chi connectivity index (χ4v) is 2.20. The van der Waals surface area contributed by atoms with Gasteiger partial charge in [0.15, 0.2) is 11.5 Å². The molecule has 1 amide bonds. The van der Waals surface area contributed by atoms with E-state index in [-0.39, 0.29) is 11.6 Å². The number of nitrogens with one attached hydrogen (secondary N) is 1. The van der Waals surface area contributed by atoms with E-state index >= 15 is 0 Å². The van der Waals surface area contributed by atoms with Gasteiger partial charge in [-0.3, -0.25) is 14.9 Å². The largest absolute Gasteiger partial charge is 0.493 e. The Morgan fingerprint density at radius 2 is 1.88 bits per heavy atom. The highest BCUT2D eigenvalue weighted by Gasteiger charge is 2.10. The first-order chi connectivity index (χ1) is 12.0. The van der Waals surface area contributed by atoms with Crippen LogP contribution in [0.15, 0.2) is 48.5 Å². The van der Waals surface area contributed by atoms with E-state index in [1.54, 1.807) is 37.4 Å². The number of carbonyl (C=O) groups excluding carboxylic acids is 1. The molecular formula is C18H18N2O5. The van der Waals surface area contributed by atoms with Gasteiger partial charge in [-0.1, -0.05) is 18.2 Å². The molecule has 0 saturated carbocycles. The van der Waals surface area contributed by atoms with Crippen LogP contribution in [0, 0.1) is 10.1 Å². The van der Waals surface area contributed by atoms with E-state index in [2.05, 4.69) is 5.32 Å². The summed E-state index contributed by atoms with van der Waals surface area (Å²) in [6.45, 7) is 0.292. The molecule has 130 valence electrons. The Balaban J connectivity index is 2.01. The Hall–Kier alpha value is -3.35. The molecular weight excluding hydrogens is 324 g/mol. The van der Waals surface area contributed by atoms with Crippen LogP contribution in [-0.2, 0) is 11.3 Å². The highest BCUT2D eigenvalue weighted by Crippen LogP contribution is 2.27. The molecule has 25 heavy (non-hydrogen) atoms. The Morgan fingerprint density at radius 3 is 2.56 bits per heavy atom. The Labute approximate surface area is 145 Å².